The highest BCUT2D eigenvalue weighted by atomic mass is 35.5. The maximum Gasteiger partial charge on any atom is 0.227 e. The van der Waals surface area contributed by atoms with Crippen molar-refractivity contribution in [3.63, 3.8) is 0 Å². The summed E-state index contributed by atoms with van der Waals surface area (Å²) in [5, 5.41) is 0.685. The van der Waals surface area contributed by atoms with Crippen molar-refractivity contribution in [2.24, 2.45) is 0 Å². The zero-order valence-corrected chi connectivity index (χ0v) is 17.4. The molecule has 3 heterocycles. The summed E-state index contributed by atoms with van der Waals surface area (Å²) in [5.41, 5.74) is 1.94. The van der Waals surface area contributed by atoms with Gasteiger partial charge in [-0.15, -0.1) is 0 Å². The van der Waals surface area contributed by atoms with Crippen LogP contribution in [0.15, 0.2) is 30.3 Å². The van der Waals surface area contributed by atoms with Gasteiger partial charge in [0.25, 0.3) is 0 Å². The Morgan fingerprint density at radius 2 is 1.69 bits per heavy atom. The number of halogens is 1. The Morgan fingerprint density at radius 3 is 2.38 bits per heavy atom. The standard InChI is InChI=1S/C21H26ClN5O2/c1-16-14-19(25-10-12-29-13-11-25)24-21(23-16)27-8-6-26(7-9-27)20(28)15-17-2-4-18(22)5-3-17/h2-5,14H,6-13,15H2,1H3. The van der Waals surface area contributed by atoms with Gasteiger partial charge >= 0.3 is 0 Å². The van der Waals surface area contributed by atoms with Crippen LogP contribution in [-0.2, 0) is 16.0 Å². The SMILES string of the molecule is Cc1cc(N2CCOCC2)nc(N2CCN(C(=O)Cc3ccc(Cl)cc3)CC2)n1. The highest BCUT2D eigenvalue weighted by molar-refractivity contribution is 6.30. The first kappa shape index (κ1) is 19.9. The molecule has 2 aromatic rings. The predicted molar refractivity (Wildman–Crippen MR) is 114 cm³/mol. The van der Waals surface area contributed by atoms with Crippen molar-refractivity contribution in [3.05, 3.63) is 46.6 Å². The molecular weight excluding hydrogens is 390 g/mol. The van der Waals surface area contributed by atoms with Crippen LogP contribution in [0, 0.1) is 6.92 Å². The number of anilines is 2. The third kappa shape index (κ3) is 4.97. The molecule has 0 unspecified atom stereocenters. The van der Waals surface area contributed by atoms with E-state index in [4.69, 9.17) is 21.3 Å². The predicted octanol–water partition coefficient (Wildman–Crippen LogP) is 2.17. The van der Waals surface area contributed by atoms with Gasteiger partial charge in [-0.3, -0.25) is 4.79 Å². The second kappa shape index (κ2) is 8.97. The van der Waals surface area contributed by atoms with Crippen LogP contribution in [0.4, 0.5) is 11.8 Å². The molecule has 2 aliphatic rings. The summed E-state index contributed by atoms with van der Waals surface area (Å²) in [6.07, 6.45) is 0.402. The van der Waals surface area contributed by atoms with Crippen molar-refractivity contribution in [3.8, 4) is 0 Å². The van der Waals surface area contributed by atoms with Gasteiger partial charge in [0.15, 0.2) is 0 Å². The smallest absolute Gasteiger partial charge is 0.227 e. The minimum Gasteiger partial charge on any atom is -0.378 e. The average Bonchev–Trinajstić information content (AvgIpc) is 2.75. The maximum atomic E-state index is 12.6. The van der Waals surface area contributed by atoms with Crippen LogP contribution in [0.5, 0.6) is 0 Å². The van der Waals surface area contributed by atoms with Crippen LogP contribution in [-0.4, -0.2) is 73.3 Å². The summed E-state index contributed by atoms with van der Waals surface area (Å²) in [7, 11) is 0. The molecule has 0 N–H and O–H groups in total. The van der Waals surface area contributed by atoms with Crippen molar-refractivity contribution < 1.29 is 9.53 Å². The fourth-order valence-electron chi connectivity index (χ4n) is 3.68. The third-order valence-corrected chi connectivity index (χ3v) is 5.60. The van der Waals surface area contributed by atoms with E-state index in [1.54, 1.807) is 0 Å². The number of piperazine rings is 1. The molecule has 0 spiro atoms. The lowest BCUT2D eigenvalue weighted by Gasteiger charge is -2.35. The number of hydrogen-bond donors (Lipinski definition) is 0. The van der Waals surface area contributed by atoms with Gasteiger partial charge in [-0.1, -0.05) is 23.7 Å². The molecule has 8 heteroatoms. The molecule has 1 amide bonds. The molecule has 154 valence electrons. The van der Waals surface area contributed by atoms with Gasteiger partial charge in [-0.05, 0) is 24.6 Å². The fraction of sp³-hybridized carbons (Fsp3) is 0.476. The van der Waals surface area contributed by atoms with Crippen LogP contribution >= 0.6 is 11.6 Å². The van der Waals surface area contributed by atoms with Gasteiger partial charge in [0.2, 0.25) is 11.9 Å². The Hall–Kier alpha value is -2.38. The summed E-state index contributed by atoms with van der Waals surface area (Å²) < 4.78 is 5.44. The topological polar surface area (TPSA) is 61.8 Å². The molecule has 29 heavy (non-hydrogen) atoms. The number of morpholine rings is 1. The number of amides is 1. The van der Waals surface area contributed by atoms with Crippen molar-refractivity contribution in [1.29, 1.82) is 0 Å². The first-order valence-corrected chi connectivity index (χ1v) is 10.4. The normalized spacial score (nSPS) is 17.5. The molecule has 0 radical (unpaired) electrons. The Morgan fingerprint density at radius 1 is 1.00 bits per heavy atom. The number of ether oxygens (including phenoxy) is 1. The quantitative estimate of drug-likeness (QED) is 0.762. The second-order valence-corrected chi connectivity index (χ2v) is 7.87. The van der Waals surface area contributed by atoms with E-state index >= 15 is 0 Å². The fourth-order valence-corrected chi connectivity index (χ4v) is 3.80. The van der Waals surface area contributed by atoms with E-state index in [9.17, 15) is 4.79 Å². The zero-order chi connectivity index (χ0) is 20.2. The number of carbonyl (C=O) groups is 1. The molecule has 0 bridgehead atoms. The van der Waals surface area contributed by atoms with Crippen molar-refractivity contribution in [2.75, 3.05) is 62.3 Å². The lowest BCUT2D eigenvalue weighted by Crippen LogP contribution is -2.49. The largest absolute Gasteiger partial charge is 0.378 e. The van der Waals surface area contributed by atoms with Crippen LogP contribution in [0.25, 0.3) is 0 Å². The van der Waals surface area contributed by atoms with Gasteiger partial charge in [-0.25, -0.2) is 4.98 Å². The third-order valence-electron chi connectivity index (χ3n) is 5.35. The molecule has 0 saturated carbocycles. The molecule has 2 saturated heterocycles. The van der Waals surface area contributed by atoms with Gasteiger partial charge < -0.3 is 19.4 Å². The number of carbonyl (C=O) groups excluding carboxylic acids is 1. The highest BCUT2D eigenvalue weighted by Crippen LogP contribution is 2.20. The molecule has 0 atom stereocenters. The van der Waals surface area contributed by atoms with E-state index in [1.165, 1.54) is 0 Å². The zero-order valence-electron chi connectivity index (χ0n) is 16.7. The number of benzene rings is 1. The lowest BCUT2D eigenvalue weighted by atomic mass is 10.1. The van der Waals surface area contributed by atoms with Crippen molar-refractivity contribution in [2.45, 2.75) is 13.3 Å². The molecule has 1 aromatic heterocycles. The molecule has 0 aliphatic carbocycles. The Labute approximate surface area is 176 Å². The molecule has 1 aromatic carbocycles. The van der Waals surface area contributed by atoms with E-state index in [2.05, 4.69) is 14.8 Å². The van der Waals surface area contributed by atoms with Crippen LogP contribution in [0.2, 0.25) is 5.02 Å². The summed E-state index contributed by atoms with van der Waals surface area (Å²) in [6, 6.07) is 9.49. The lowest BCUT2D eigenvalue weighted by molar-refractivity contribution is -0.130. The summed E-state index contributed by atoms with van der Waals surface area (Å²) in [5.74, 6) is 1.85. The molecule has 2 aliphatic heterocycles. The Balaban J connectivity index is 1.37. The second-order valence-electron chi connectivity index (χ2n) is 7.44. The van der Waals surface area contributed by atoms with E-state index < -0.39 is 0 Å². The Kier molecular flexibility index (Phi) is 6.16. The van der Waals surface area contributed by atoms with Crippen LogP contribution in [0.1, 0.15) is 11.3 Å². The first-order valence-electron chi connectivity index (χ1n) is 10.0. The van der Waals surface area contributed by atoms with Gasteiger partial charge in [0.05, 0.1) is 19.6 Å². The summed E-state index contributed by atoms with van der Waals surface area (Å²) in [6.45, 7) is 7.98. The van der Waals surface area contributed by atoms with Gasteiger partial charge in [0, 0.05) is 56.1 Å². The van der Waals surface area contributed by atoms with E-state index in [0.717, 1.165) is 62.4 Å². The van der Waals surface area contributed by atoms with Gasteiger partial charge in [0.1, 0.15) is 5.82 Å². The monoisotopic (exact) mass is 415 g/mol. The molecule has 2 fully saturated rings. The van der Waals surface area contributed by atoms with Gasteiger partial charge in [-0.2, -0.15) is 4.98 Å². The minimum atomic E-state index is 0.145. The maximum absolute atomic E-state index is 12.6. The average molecular weight is 416 g/mol. The van der Waals surface area contributed by atoms with E-state index in [-0.39, 0.29) is 5.91 Å². The van der Waals surface area contributed by atoms with E-state index in [0.29, 0.717) is 24.5 Å². The molecule has 4 rings (SSSR count). The number of aryl methyl sites for hydroxylation is 1. The van der Waals surface area contributed by atoms with Crippen molar-refractivity contribution in [1.82, 2.24) is 14.9 Å². The first-order chi connectivity index (χ1) is 14.1. The summed E-state index contributed by atoms with van der Waals surface area (Å²) >= 11 is 5.92. The molecular formula is C21H26ClN5O2. The van der Waals surface area contributed by atoms with Crippen molar-refractivity contribution >= 4 is 29.3 Å². The summed E-state index contributed by atoms with van der Waals surface area (Å²) in [4.78, 5) is 28.4. The van der Waals surface area contributed by atoms with E-state index in [1.807, 2.05) is 42.2 Å². The number of aromatic nitrogens is 2. The van der Waals surface area contributed by atoms with Crippen LogP contribution < -0.4 is 9.80 Å². The molecule has 7 nitrogen and oxygen atoms in total. The minimum absolute atomic E-state index is 0.145. The number of rotatable bonds is 4. The van der Waals surface area contributed by atoms with Crippen LogP contribution in [0.3, 0.4) is 0 Å². The Bertz CT molecular complexity index is 847. The number of hydrogen-bond acceptors (Lipinski definition) is 6. The highest BCUT2D eigenvalue weighted by Gasteiger charge is 2.24. The number of nitrogens with zero attached hydrogens (tertiary/aromatic N) is 5.